The Hall–Kier alpha value is -1.57. The van der Waals surface area contributed by atoms with Gasteiger partial charge in [0.2, 0.25) is 5.91 Å². The van der Waals surface area contributed by atoms with Crippen LogP contribution in [-0.4, -0.2) is 12.5 Å². The molecule has 0 aliphatic carbocycles. The van der Waals surface area contributed by atoms with E-state index < -0.39 is 0 Å². The van der Waals surface area contributed by atoms with Gasteiger partial charge < -0.3 is 4.90 Å². The third kappa shape index (κ3) is 3.24. The summed E-state index contributed by atoms with van der Waals surface area (Å²) in [5.74, 6) is 0.0450. The van der Waals surface area contributed by atoms with Crippen LogP contribution in [0.2, 0.25) is 0 Å². The first-order chi connectivity index (χ1) is 7.00. The van der Waals surface area contributed by atoms with Gasteiger partial charge in [-0.15, -0.1) is 0 Å². The molecule has 15 heavy (non-hydrogen) atoms. The third-order valence-electron chi connectivity index (χ3n) is 2.12. The average Bonchev–Trinajstić information content (AvgIpc) is 2.13. The van der Waals surface area contributed by atoms with Crippen molar-refractivity contribution in [2.45, 2.75) is 20.8 Å². The number of benzene rings is 1. The number of aryl methyl sites for hydroxylation is 1. The zero-order chi connectivity index (χ0) is 11.4. The molecule has 2 nitrogen and oxygen atoms in total. The minimum absolute atomic E-state index is 0.0450. The number of hydrogen-bond acceptors (Lipinski definition) is 1. The van der Waals surface area contributed by atoms with Gasteiger partial charge in [0.1, 0.15) is 0 Å². The molecule has 0 saturated heterocycles. The molecule has 0 aliphatic rings. The van der Waals surface area contributed by atoms with Crippen LogP contribution in [0.4, 0.5) is 5.69 Å². The van der Waals surface area contributed by atoms with Gasteiger partial charge in [-0.25, -0.2) is 0 Å². The van der Waals surface area contributed by atoms with Gasteiger partial charge in [0.15, 0.2) is 0 Å². The summed E-state index contributed by atoms with van der Waals surface area (Å²) in [5, 5.41) is 0. The largest absolute Gasteiger partial charge is 0.309 e. The normalized spacial score (nSPS) is 9.80. The van der Waals surface area contributed by atoms with Gasteiger partial charge in [0.25, 0.3) is 0 Å². The minimum atomic E-state index is 0.0450. The number of amides is 1. The Labute approximate surface area is 91.2 Å². The van der Waals surface area contributed by atoms with Crippen molar-refractivity contribution in [1.29, 1.82) is 0 Å². The molecular formula is C13H17NO. The summed E-state index contributed by atoms with van der Waals surface area (Å²) < 4.78 is 0. The smallest absolute Gasteiger partial charge is 0.224 e. The van der Waals surface area contributed by atoms with E-state index >= 15 is 0 Å². The lowest BCUT2D eigenvalue weighted by molar-refractivity contribution is -0.116. The molecule has 0 unspecified atom stereocenters. The number of rotatable bonds is 3. The van der Waals surface area contributed by atoms with Crippen LogP contribution in [0.15, 0.2) is 36.4 Å². The summed E-state index contributed by atoms with van der Waals surface area (Å²) in [6, 6.07) is 7.92. The van der Waals surface area contributed by atoms with Crippen molar-refractivity contribution in [2.24, 2.45) is 0 Å². The standard InChI is InChI=1S/C13H17NO/c1-10(2)9-14(12(4)15)13-7-5-6-11(3)8-13/h5-8H,1,9H2,2-4H3. The summed E-state index contributed by atoms with van der Waals surface area (Å²) in [4.78, 5) is 13.2. The van der Waals surface area contributed by atoms with Crippen molar-refractivity contribution in [3.8, 4) is 0 Å². The second-order valence-electron chi connectivity index (χ2n) is 3.90. The van der Waals surface area contributed by atoms with E-state index in [2.05, 4.69) is 6.58 Å². The Balaban J connectivity index is 2.98. The molecule has 0 N–H and O–H groups in total. The Bertz CT molecular complexity index is 382. The second kappa shape index (κ2) is 4.78. The van der Waals surface area contributed by atoms with E-state index in [1.807, 2.05) is 38.1 Å². The maximum Gasteiger partial charge on any atom is 0.224 e. The summed E-state index contributed by atoms with van der Waals surface area (Å²) in [6.07, 6.45) is 0. The van der Waals surface area contributed by atoms with Crippen LogP contribution in [-0.2, 0) is 4.79 Å². The first kappa shape index (κ1) is 11.5. The monoisotopic (exact) mass is 203 g/mol. The van der Waals surface area contributed by atoms with Crippen molar-refractivity contribution >= 4 is 11.6 Å². The van der Waals surface area contributed by atoms with E-state index in [1.165, 1.54) is 0 Å². The predicted molar refractivity (Wildman–Crippen MR) is 64.0 cm³/mol. The van der Waals surface area contributed by atoms with E-state index in [0.29, 0.717) is 6.54 Å². The zero-order valence-corrected chi connectivity index (χ0v) is 9.58. The maximum atomic E-state index is 11.5. The fourth-order valence-corrected chi connectivity index (χ4v) is 1.45. The minimum Gasteiger partial charge on any atom is -0.309 e. The Morgan fingerprint density at radius 2 is 2.07 bits per heavy atom. The molecule has 0 saturated carbocycles. The highest BCUT2D eigenvalue weighted by molar-refractivity contribution is 5.91. The summed E-state index contributed by atoms with van der Waals surface area (Å²) in [7, 11) is 0. The Morgan fingerprint density at radius 1 is 1.40 bits per heavy atom. The first-order valence-corrected chi connectivity index (χ1v) is 5.00. The number of anilines is 1. The van der Waals surface area contributed by atoms with E-state index in [0.717, 1.165) is 16.8 Å². The highest BCUT2D eigenvalue weighted by atomic mass is 16.2. The van der Waals surface area contributed by atoms with Crippen molar-refractivity contribution in [3.63, 3.8) is 0 Å². The predicted octanol–water partition coefficient (Wildman–Crippen LogP) is 2.92. The highest BCUT2D eigenvalue weighted by Crippen LogP contribution is 2.17. The van der Waals surface area contributed by atoms with Gasteiger partial charge in [-0.05, 0) is 31.5 Å². The molecule has 0 atom stereocenters. The van der Waals surface area contributed by atoms with Gasteiger partial charge >= 0.3 is 0 Å². The molecule has 1 rings (SSSR count). The SMILES string of the molecule is C=C(C)CN(C(C)=O)c1cccc(C)c1. The van der Waals surface area contributed by atoms with E-state index in [1.54, 1.807) is 11.8 Å². The summed E-state index contributed by atoms with van der Waals surface area (Å²) in [6.45, 7) is 9.93. The first-order valence-electron chi connectivity index (χ1n) is 5.00. The van der Waals surface area contributed by atoms with Crippen molar-refractivity contribution in [2.75, 3.05) is 11.4 Å². The van der Waals surface area contributed by atoms with Crippen molar-refractivity contribution in [3.05, 3.63) is 42.0 Å². The third-order valence-corrected chi connectivity index (χ3v) is 2.12. The van der Waals surface area contributed by atoms with E-state index in [-0.39, 0.29) is 5.91 Å². The lowest BCUT2D eigenvalue weighted by Crippen LogP contribution is -2.29. The number of hydrogen-bond donors (Lipinski definition) is 0. The molecule has 0 aliphatic heterocycles. The highest BCUT2D eigenvalue weighted by Gasteiger charge is 2.10. The molecule has 0 fully saturated rings. The molecule has 1 aromatic carbocycles. The molecule has 80 valence electrons. The molecule has 0 aromatic heterocycles. The molecular weight excluding hydrogens is 186 g/mol. The van der Waals surface area contributed by atoms with Crippen LogP contribution in [0.5, 0.6) is 0 Å². The fraction of sp³-hybridized carbons (Fsp3) is 0.308. The lowest BCUT2D eigenvalue weighted by Gasteiger charge is -2.21. The molecule has 1 amide bonds. The summed E-state index contributed by atoms with van der Waals surface area (Å²) >= 11 is 0. The van der Waals surface area contributed by atoms with Crippen molar-refractivity contribution < 1.29 is 4.79 Å². The van der Waals surface area contributed by atoms with E-state index in [4.69, 9.17) is 0 Å². The van der Waals surface area contributed by atoms with Gasteiger partial charge in [0, 0.05) is 19.2 Å². The van der Waals surface area contributed by atoms with Crippen LogP contribution >= 0.6 is 0 Å². The quantitative estimate of drug-likeness (QED) is 0.692. The molecule has 0 radical (unpaired) electrons. The van der Waals surface area contributed by atoms with Crippen LogP contribution in [0.1, 0.15) is 19.4 Å². The second-order valence-corrected chi connectivity index (χ2v) is 3.90. The molecule has 2 heteroatoms. The van der Waals surface area contributed by atoms with Gasteiger partial charge in [0.05, 0.1) is 0 Å². The van der Waals surface area contributed by atoms with Crippen LogP contribution < -0.4 is 4.90 Å². The average molecular weight is 203 g/mol. The zero-order valence-electron chi connectivity index (χ0n) is 9.58. The number of carbonyl (C=O) groups excluding carboxylic acids is 1. The Morgan fingerprint density at radius 3 is 2.53 bits per heavy atom. The molecule has 0 heterocycles. The maximum absolute atomic E-state index is 11.5. The van der Waals surface area contributed by atoms with Gasteiger partial charge in [-0.2, -0.15) is 0 Å². The van der Waals surface area contributed by atoms with Crippen LogP contribution in [0.25, 0.3) is 0 Å². The van der Waals surface area contributed by atoms with Crippen LogP contribution in [0, 0.1) is 6.92 Å². The number of nitrogens with zero attached hydrogens (tertiary/aromatic N) is 1. The number of carbonyl (C=O) groups is 1. The van der Waals surface area contributed by atoms with Crippen LogP contribution in [0.3, 0.4) is 0 Å². The summed E-state index contributed by atoms with van der Waals surface area (Å²) in [5.41, 5.74) is 3.07. The van der Waals surface area contributed by atoms with E-state index in [9.17, 15) is 4.79 Å². The fourth-order valence-electron chi connectivity index (χ4n) is 1.45. The molecule has 0 bridgehead atoms. The van der Waals surface area contributed by atoms with Crippen molar-refractivity contribution in [1.82, 2.24) is 0 Å². The lowest BCUT2D eigenvalue weighted by atomic mass is 10.2. The topological polar surface area (TPSA) is 20.3 Å². The van der Waals surface area contributed by atoms with Gasteiger partial charge in [-0.3, -0.25) is 4.79 Å². The van der Waals surface area contributed by atoms with Gasteiger partial charge in [-0.1, -0.05) is 24.3 Å². The molecule has 1 aromatic rings. The molecule has 0 spiro atoms. The Kier molecular flexibility index (Phi) is 3.67.